The second-order valence-corrected chi connectivity index (χ2v) is 5.42. The summed E-state index contributed by atoms with van der Waals surface area (Å²) < 4.78 is 4.95. The molecule has 0 aliphatic rings. The number of esters is 1. The molecule has 3 rings (SSSR count). The van der Waals surface area contributed by atoms with Crippen molar-refractivity contribution in [3.05, 3.63) is 77.9 Å². The van der Waals surface area contributed by atoms with Crippen molar-refractivity contribution < 1.29 is 14.3 Å². The molecular weight excluding hydrogens is 316 g/mol. The zero-order chi connectivity index (χ0) is 17.6. The molecule has 0 aromatic heterocycles. The van der Waals surface area contributed by atoms with E-state index < -0.39 is 0 Å². The van der Waals surface area contributed by atoms with Crippen molar-refractivity contribution in [2.75, 3.05) is 0 Å². The Morgan fingerprint density at radius 2 is 1.68 bits per heavy atom. The molecule has 0 bridgehead atoms. The fraction of sp³-hybridized carbons (Fsp3) is 0.0500. The Labute approximate surface area is 144 Å². The van der Waals surface area contributed by atoms with Gasteiger partial charge in [-0.2, -0.15) is 5.10 Å². The molecule has 0 atom stereocenters. The average molecular weight is 332 g/mol. The SMILES string of the molecule is CC(=O)Oc1ccc(C=NNC(=O)c2ccc3ccccc3c2)cc1. The normalized spacial score (nSPS) is 10.8. The lowest BCUT2D eigenvalue weighted by Gasteiger charge is -2.03. The monoisotopic (exact) mass is 332 g/mol. The molecule has 0 fully saturated rings. The Morgan fingerprint density at radius 3 is 2.40 bits per heavy atom. The molecule has 0 spiro atoms. The molecule has 0 unspecified atom stereocenters. The van der Waals surface area contributed by atoms with Gasteiger partial charge >= 0.3 is 5.97 Å². The zero-order valence-corrected chi connectivity index (χ0v) is 13.6. The largest absolute Gasteiger partial charge is 0.427 e. The Hall–Kier alpha value is -3.47. The topological polar surface area (TPSA) is 67.8 Å². The van der Waals surface area contributed by atoms with Crippen LogP contribution < -0.4 is 10.2 Å². The minimum absolute atomic E-state index is 0.279. The van der Waals surface area contributed by atoms with E-state index in [-0.39, 0.29) is 11.9 Å². The number of fused-ring (bicyclic) bond motifs is 1. The minimum Gasteiger partial charge on any atom is -0.427 e. The van der Waals surface area contributed by atoms with E-state index in [2.05, 4.69) is 10.5 Å². The van der Waals surface area contributed by atoms with Crippen LogP contribution in [0.4, 0.5) is 0 Å². The number of hydrogen-bond donors (Lipinski definition) is 1. The molecule has 124 valence electrons. The fourth-order valence-corrected chi connectivity index (χ4v) is 2.35. The summed E-state index contributed by atoms with van der Waals surface area (Å²) in [5.41, 5.74) is 3.82. The molecule has 1 N–H and O–H groups in total. The molecular formula is C20H16N2O3. The predicted octanol–water partition coefficient (Wildman–Crippen LogP) is 3.53. The number of nitrogens with zero attached hydrogens (tertiary/aromatic N) is 1. The molecule has 0 saturated heterocycles. The summed E-state index contributed by atoms with van der Waals surface area (Å²) in [6.45, 7) is 1.34. The van der Waals surface area contributed by atoms with Crippen LogP contribution in [-0.2, 0) is 4.79 Å². The molecule has 0 aliphatic carbocycles. The van der Waals surface area contributed by atoms with E-state index in [9.17, 15) is 9.59 Å². The van der Waals surface area contributed by atoms with Crippen LogP contribution in [0.2, 0.25) is 0 Å². The number of rotatable bonds is 4. The first-order chi connectivity index (χ1) is 12.1. The Morgan fingerprint density at radius 1 is 0.960 bits per heavy atom. The second-order valence-electron chi connectivity index (χ2n) is 5.42. The highest BCUT2D eigenvalue weighted by atomic mass is 16.5. The van der Waals surface area contributed by atoms with Gasteiger partial charge in [0.15, 0.2) is 0 Å². The van der Waals surface area contributed by atoms with Gasteiger partial charge in [0.2, 0.25) is 0 Å². The number of benzene rings is 3. The molecule has 5 nitrogen and oxygen atoms in total. The zero-order valence-electron chi connectivity index (χ0n) is 13.6. The first-order valence-corrected chi connectivity index (χ1v) is 7.72. The third kappa shape index (κ3) is 4.29. The molecule has 5 heteroatoms. The molecule has 1 amide bonds. The maximum absolute atomic E-state index is 12.2. The maximum Gasteiger partial charge on any atom is 0.308 e. The van der Waals surface area contributed by atoms with Gasteiger partial charge in [-0.05, 0) is 52.7 Å². The number of nitrogens with one attached hydrogen (secondary N) is 1. The Kier molecular flexibility index (Phi) is 4.85. The van der Waals surface area contributed by atoms with E-state index in [0.717, 1.165) is 16.3 Å². The van der Waals surface area contributed by atoms with Crippen molar-refractivity contribution in [3.63, 3.8) is 0 Å². The Bertz CT molecular complexity index is 947. The van der Waals surface area contributed by atoms with Gasteiger partial charge in [-0.15, -0.1) is 0 Å². The van der Waals surface area contributed by atoms with Crippen LogP contribution in [0.1, 0.15) is 22.8 Å². The van der Waals surface area contributed by atoms with Gasteiger partial charge in [0, 0.05) is 12.5 Å². The highest BCUT2D eigenvalue weighted by molar-refractivity contribution is 5.98. The van der Waals surface area contributed by atoms with Crippen LogP contribution in [0.15, 0.2) is 71.8 Å². The maximum atomic E-state index is 12.2. The number of amides is 1. The number of carbonyl (C=O) groups is 2. The first kappa shape index (κ1) is 16.4. The fourth-order valence-electron chi connectivity index (χ4n) is 2.35. The van der Waals surface area contributed by atoms with Gasteiger partial charge in [-0.3, -0.25) is 9.59 Å². The van der Waals surface area contributed by atoms with Crippen molar-refractivity contribution >= 4 is 28.9 Å². The molecule has 0 saturated carbocycles. The number of ether oxygens (including phenoxy) is 1. The van der Waals surface area contributed by atoms with Gasteiger partial charge in [0.1, 0.15) is 5.75 Å². The van der Waals surface area contributed by atoms with Gasteiger partial charge in [0.25, 0.3) is 5.91 Å². The number of hydrazone groups is 1. The standard InChI is InChI=1S/C20H16N2O3/c1-14(23)25-19-10-6-15(7-11-19)13-21-22-20(24)18-9-8-16-4-2-3-5-17(16)12-18/h2-13H,1H3,(H,22,24). The van der Waals surface area contributed by atoms with E-state index in [1.54, 1.807) is 30.3 Å². The van der Waals surface area contributed by atoms with Crippen molar-refractivity contribution in [1.29, 1.82) is 0 Å². The van der Waals surface area contributed by atoms with Crippen LogP contribution in [0.5, 0.6) is 5.75 Å². The van der Waals surface area contributed by atoms with E-state index in [4.69, 9.17) is 4.74 Å². The van der Waals surface area contributed by atoms with E-state index in [0.29, 0.717) is 11.3 Å². The van der Waals surface area contributed by atoms with Gasteiger partial charge in [0.05, 0.1) is 6.21 Å². The van der Waals surface area contributed by atoms with Crippen molar-refractivity contribution in [2.24, 2.45) is 5.10 Å². The summed E-state index contributed by atoms with van der Waals surface area (Å²) in [6, 6.07) is 20.1. The molecule has 0 aliphatic heterocycles. The van der Waals surface area contributed by atoms with Crippen molar-refractivity contribution in [1.82, 2.24) is 5.43 Å². The third-order valence-electron chi connectivity index (χ3n) is 3.53. The summed E-state index contributed by atoms with van der Waals surface area (Å²) in [6.07, 6.45) is 1.52. The molecule has 3 aromatic carbocycles. The van der Waals surface area contributed by atoms with Crippen LogP contribution >= 0.6 is 0 Å². The van der Waals surface area contributed by atoms with Crippen LogP contribution in [-0.4, -0.2) is 18.1 Å². The lowest BCUT2D eigenvalue weighted by atomic mass is 10.1. The summed E-state index contributed by atoms with van der Waals surface area (Å²) in [5, 5.41) is 6.04. The van der Waals surface area contributed by atoms with E-state index in [1.807, 2.05) is 36.4 Å². The van der Waals surface area contributed by atoms with Crippen molar-refractivity contribution in [3.8, 4) is 5.75 Å². The number of carbonyl (C=O) groups excluding carboxylic acids is 2. The smallest absolute Gasteiger partial charge is 0.308 e. The Balaban J connectivity index is 1.64. The summed E-state index contributed by atoms with van der Waals surface area (Å²) in [7, 11) is 0. The molecule has 3 aromatic rings. The van der Waals surface area contributed by atoms with Crippen LogP contribution in [0.25, 0.3) is 10.8 Å². The number of hydrogen-bond acceptors (Lipinski definition) is 4. The average Bonchev–Trinajstić information content (AvgIpc) is 2.62. The van der Waals surface area contributed by atoms with Crippen molar-refractivity contribution in [2.45, 2.75) is 6.92 Å². The third-order valence-corrected chi connectivity index (χ3v) is 3.53. The molecule has 0 heterocycles. The highest BCUT2D eigenvalue weighted by Gasteiger charge is 2.05. The van der Waals surface area contributed by atoms with E-state index in [1.165, 1.54) is 13.1 Å². The van der Waals surface area contributed by atoms with Gasteiger partial charge < -0.3 is 4.74 Å². The first-order valence-electron chi connectivity index (χ1n) is 7.72. The summed E-state index contributed by atoms with van der Waals surface area (Å²) in [4.78, 5) is 23.0. The second kappa shape index (κ2) is 7.40. The highest BCUT2D eigenvalue weighted by Crippen LogP contribution is 2.15. The lowest BCUT2D eigenvalue weighted by molar-refractivity contribution is -0.131. The molecule has 0 radical (unpaired) electrons. The summed E-state index contributed by atoms with van der Waals surface area (Å²) >= 11 is 0. The van der Waals surface area contributed by atoms with E-state index >= 15 is 0 Å². The van der Waals surface area contributed by atoms with Crippen LogP contribution in [0.3, 0.4) is 0 Å². The molecule has 25 heavy (non-hydrogen) atoms. The quantitative estimate of drug-likeness (QED) is 0.344. The minimum atomic E-state index is -0.371. The summed E-state index contributed by atoms with van der Waals surface area (Å²) in [5.74, 6) is -0.188. The van der Waals surface area contributed by atoms with Crippen LogP contribution in [0, 0.1) is 0 Å². The van der Waals surface area contributed by atoms with Gasteiger partial charge in [-0.25, -0.2) is 5.43 Å². The lowest BCUT2D eigenvalue weighted by Crippen LogP contribution is -2.17. The predicted molar refractivity (Wildman–Crippen MR) is 96.8 cm³/mol. The van der Waals surface area contributed by atoms with Gasteiger partial charge in [-0.1, -0.05) is 30.3 Å².